The first kappa shape index (κ1) is 16.1. The van der Waals surface area contributed by atoms with E-state index in [2.05, 4.69) is 50.5 Å². The van der Waals surface area contributed by atoms with Gasteiger partial charge in [-0.3, -0.25) is 5.10 Å². The molecule has 0 bridgehead atoms. The van der Waals surface area contributed by atoms with Gasteiger partial charge in [0.25, 0.3) is 0 Å². The number of H-pyrrole nitrogens is 1. The first-order valence-corrected chi connectivity index (χ1v) is 8.60. The Hall–Kier alpha value is -3.41. The lowest BCUT2D eigenvalue weighted by molar-refractivity contribution is 0.825. The molecular weight excluding hydrogens is 324 g/mol. The number of benzene rings is 2. The van der Waals surface area contributed by atoms with Crippen molar-refractivity contribution in [2.75, 3.05) is 11.5 Å². The zero-order valence-corrected chi connectivity index (χ0v) is 14.3. The standard InChI is InChI=1S/C20H20N6/c21-19-18-14(8-4-7-13-5-2-1-3-6-13)11-15(12-17(18)25-26-19)16-9-10-23-20(22)24-16/h1-3,5-6,9-12H,4,7-8H2,(H3,21,25,26)(H2,22,23,24). The molecule has 26 heavy (non-hydrogen) atoms. The molecule has 6 nitrogen and oxygen atoms in total. The Balaban J connectivity index is 1.66. The van der Waals surface area contributed by atoms with Crippen molar-refractivity contribution >= 4 is 22.7 Å². The van der Waals surface area contributed by atoms with E-state index in [1.54, 1.807) is 6.20 Å². The molecule has 2 heterocycles. The van der Waals surface area contributed by atoms with Crippen molar-refractivity contribution in [1.29, 1.82) is 0 Å². The fraction of sp³-hybridized carbons (Fsp3) is 0.150. The highest BCUT2D eigenvalue weighted by Crippen LogP contribution is 2.30. The van der Waals surface area contributed by atoms with Crippen molar-refractivity contribution in [3.63, 3.8) is 0 Å². The van der Waals surface area contributed by atoms with Gasteiger partial charge < -0.3 is 11.5 Å². The van der Waals surface area contributed by atoms with E-state index in [9.17, 15) is 0 Å². The van der Waals surface area contributed by atoms with Crippen LogP contribution in [0, 0.1) is 0 Å². The molecule has 0 spiro atoms. The number of hydrogen-bond acceptors (Lipinski definition) is 5. The summed E-state index contributed by atoms with van der Waals surface area (Å²) >= 11 is 0. The summed E-state index contributed by atoms with van der Waals surface area (Å²) in [5, 5.41) is 8.17. The van der Waals surface area contributed by atoms with E-state index in [4.69, 9.17) is 11.5 Å². The summed E-state index contributed by atoms with van der Waals surface area (Å²) < 4.78 is 0. The van der Waals surface area contributed by atoms with Crippen LogP contribution in [-0.4, -0.2) is 20.2 Å². The molecule has 0 fully saturated rings. The van der Waals surface area contributed by atoms with Gasteiger partial charge in [-0.1, -0.05) is 30.3 Å². The predicted molar refractivity (Wildman–Crippen MR) is 104 cm³/mol. The molecule has 4 aromatic rings. The Morgan fingerprint density at radius 1 is 0.962 bits per heavy atom. The van der Waals surface area contributed by atoms with Crippen LogP contribution < -0.4 is 11.5 Å². The quantitative estimate of drug-likeness (QED) is 0.515. The smallest absolute Gasteiger partial charge is 0.220 e. The number of nitrogens with zero attached hydrogens (tertiary/aromatic N) is 3. The number of nitrogens with two attached hydrogens (primary N) is 2. The molecule has 0 unspecified atom stereocenters. The number of nitrogen functional groups attached to an aromatic ring is 2. The molecule has 0 saturated carbocycles. The highest BCUT2D eigenvalue weighted by molar-refractivity contribution is 5.94. The molecule has 6 heteroatoms. The molecule has 4 rings (SSSR count). The maximum absolute atomic E-state index is 6.08. The molecule has 0 radical (unpaired) electrons. The highest BCUT2D eigenvalue weighted by Gasteiger charge is 2.12. The summed E-state index contributed by atoms with van der Waals surface area (Å²) in [4.78, 5) is 8.29. The third-order valence-electron chi connectivity index (χ3n) is 4.50. The lowest BCUT2D eigenvalue weighted by Gasteiger charge is -2.08. The van der Waals surface area contributed by atoms with Crippen LogP contribution in [0.1, 0.15) is 17.5 Å². The average Bonchev–Trinajstić information content (AvgIpc) is 3.04. The van der Waals surface area contributed by atoms with Crippen molar-refractivity contribution in [1.82, 2.24) is 20.2 Å². The minimum absolute atomic E-state index is 0.261. The fourth-order valence-corrected chi connectivity index (χ4v) is 3.28. The average molecular weight is 344 g/mol. The van der Waals surface area contributed by atoms with Crippen molar-refractivity contribution in [3.05, 3.63) is 65.9 Å². The molecule has 2 aromatic heterocycles. The van der Waals surface area contributed by atoms with Crippen LogP contribution in [0.5, 0.6) is 0 Å². The van der Waals surface area contributed by atoms with Crippen molar-refractivity contribution in [2.45, 2.75) is 19.3 Å². The molecular formula is C20H20N6. The Labute approximate surface area is 151 Å². The Kier molecular flexibility index (Phi) is 4.23. The van der Waals surface area contributed by atoms with Crippen LogP contribution >= 0.6 is 0 Å². The van der Waals surface area contributed by atoms with Gasteiger partial charge in [0.15, 0.2) is 5.82 Å². The summed E-state index contributed by atoms with van der Waals surface area (Å²) in [6.07, 6.45) is 4.62. The zero-order valence-electron chi connectivity index (χ0n) is 14.3. The zero-order chi connectivity index (χ0) is 17.9. The Morgan fingerprint density at radius 3 is 2.62 bits per heavy atom. The largest absolute Gasteiger partial charge is 0.382 e. The normalized spacial score (nSPS) is 11.1. The fourth-order valence-electron chi connectivity index (χ4n) is 3.28. The predicted octanol–water partition coefficient (Wildman–Crippen LogP) is 3.36. The number of anilines is 2. The van der Waals surface area contributed by atoms with Crippen LogP contribution in [0.3, 0.4) is 0 Å². The van der Waals surface area contributed by atoms with Crippen LogP contribution in [0.25, 0.3) is 22.2 Å². The summed E-state index contributed by atoms with van der Waals surface area (Å²) in [6.45, 7) is 0. The van der Waals surface area contributed by atoms with Crippen LogP contribution in [0.2, 0.25) is 0 Å². The van der Waals surface area contributed by atoms with Gasteiger partial charge in [0.2, 0.25) is 5.95 Å². The van der Waals surface area contributed by atoms with E-state index in [0.29, 0.717) is 5.82 Å². The maximum Gasteiger partial charge on any atom is 0.220 e. The van der Waals surface area contributed by atoms with Gasteiger partial charge in [0.1, 0.15) is 0 Å². The van der Waals surface area contributed by atoms with E-state index in [0.717, 1.165) is 47.0 Å². The number of fused-ring (bicyclic) bond motifs is 1. The summed E-state index contributed by atoms with van der Waals surface area (Å²) in [7, 11) is 0. The second kappa shape index (κ2) is 6.84. The molecule has 0 atom stereocenters. The number of rotatable bonds is 5. The van der Waals surface area contributed by atoms with Gasteiger partial charge in [-0.15, -0.1) is 0 Å². The van der Waals surface area contributed by atoms with E-state index >= 15 is 0 Å². The van der Waals surface area contributed by atoms with Crippen LogP contribution in [0.15, 0.2) is 54.7 Å². The van der Waals surface area contributed by atoms with E-state index < -0.39 is 0 Å². The second-order valence-corrected chi connectivity index (χ2v) is 6.31. The molecule has 2 aromatic carbocycles. The van der Waals surface area contributed by atoms with Gasteiger partial charge in [0, 0.05) is 17.1 Å². The van der Waals surface area contributed by atoms with Gasteiger partial charge >= 0.3 is 0 Å². The minimum Gasteiger partial charge on any atom is -0.382 e. The Bertz CT molecular complexity index is 1040. The topological polar surface area (TPSA) is 106 Å². The van der Waals surface area contributed by atoms with Crippen LogP contribution in [0.4, 0.5) is 11.8 Å². The maximum atomic E-state index is 6.08. The van der Waals surface area contributed by atoms with Gasteiger partial charge in [-0.25, -0.2) is 9.97 Å². The molecule has 0 aliphatic heterocycles. The SMILES string of the molecule is Nc1nccc(-c2cc(CCCc3ccccc3)c3c(N)n[nH]c3c2)n1. The third-order valence-corrected chi connectivity index (χ3v) is 4.50. The molecule has 0 saturated heterocycles. The summed E-state index contributed by atoms with van der Waals surface area (Å²) in [5.41, 5.74) is 17.0. The van der Waals surface area contributed by atoms with E-state index in [-0.39, 0.29) is 5.95 Å². The number of hydrogen-bond donors (Lipinski definition) is 3. The number of aryl methyl sites for hydroxylation is 2. The molecule has 0 aliphatic carbocycles. The Morgan fingerprint density at radius 2 is 1.81 bits per heavy atom. The lowest BCUT2D eigenvalue weighted by Crippen LogP contribution is -1.97. The lowest BCUT2D eigenvalue weighted by atomic mass is 9.98. The first-order chi connectivity index (χ1) is 12.7. The van der Waals surface area contributed by atoms with E-state index in [1.807, 2.05) is 18.2 Å². The second-order valence-electron chi connectivity index (χ2n) is 6.31. The van der Waals surface area contributed by atoms with Gasteiger partial charge in [-0.2, -0.15) is 5.10 Å². The molecule has 0 aliphatic rings. The first-order valence-electron chi connectivity index (χ1n) is 8.60. The molecule has 130 valence electrons. The van der Waals surface area contributed by atoms with Crippen LogP contribution in [-0.2, 0) is 12.8 Å². The molecule has 0 amide bonds. The number of aromatic nitrogens is 4. The number of aromatic amines is 1. The summed E-state index contributed by atoms with van der Waals surface area (Å²) in [6, 6.07) is 16.5. The van der Waals surface area contributed by atoms with Crippen molar-refractivity contribution in [2.24, 2.45) is 0 Å². The monoisotopic (exact) mass is 344 g/mol. The molecule has 5 N–H and O–H groups in total. The highest BCUT2D eigenvalue weighted by atomic mass is 15.1. The van der Waals surface area contributed by atoms with Crippen molar-refractivity contribution < 1.29 is 0 Å². The van der Waals surface area contributed by atoms with Gasteiger partial charge in [-0.05, 0) is 48.6 Å². The number of nitrogens with one attached hydrogen (secondary N) is 1. The van der Waals surface area contributed by atoms with Gasteiger partial charge in [0.05, 0.1) is 11.2 Å². The summed E-state index contributed by atoms with van der Waals surface area (Å²) in [5.74, 6) is 0.792. The minimum atomic E-state index is 0.261. The van der Waals surface area contributed by atoms with E-state index in [1.165, 1.54) is 5.56 Å². The third kappa shape index (κ3) is 3.21. The van der Waals surface area contributed by atoms with Crippen molar-refractivity contribution in [3.8, 4) is 11.3 Å².